The lowest BCUT2D eigenvalue weighted by molar-refractivity contribution is -0.276. The van der Waals surface area contributed by atoms with Gasteiger partial charge in [0.15, 0.2) is 0 Å². The molecule has 1 aromatic heterocycles. The summed E-state index contributed by atoms with van der Waals surface area (Å²) >= 11 is 1.85. The molecule has 0 bridgehead atoms. The van der Waals surface area contributed by atoms with E-state index in [-0.39, 0.29) is 5.56 Å². The quantitative estimate of drug-likeness (QED) is 0.601. The molecule has 1 heterocycles. The van der Waals surface area contributed by atoms with Gasteiger partial charge in [-0.05, 0) is 35.6 Å². The molecule has 0 aliphatic heterocycles. The summed E-state index contributed by atoms with van der Waals surface area (Å²) in [4.78, 5) is 14.8. The molecule has 94 valence electrons. The fourth-order valence-electron chi connectivity index (χ4n) is 1.00. The zero-order valence-corrected chi connectivity index (χ0v) is 10.9. The Morgan fingerprint density at radius 3 is 2.53 bits per heavy atom. The Morgan fingerprint density at radius 1 is 1.47 bits per heavy atom. The van der Waals surface area contributed by atoms with Gasteiger partial charge < -0.3 is 9.47 Å². The van der Waals surface area contributed by atoms with E-state index >= 15 is 0 Å². The van der Waals surface area contributed by atoms with Crippen molar-refractivity contribution in [1.82, 2.24) is 4.98 Å². The van der Waals surface area contributed by atoms with E-state index in [2.05, 4.69) is 14.5 Å². The molecule has 0 saturated heterocycles. The molecule has 0 atom stereocenters. The van der Waals surface area contributed by atoms with Crippen LogP contribution in [0.25, 0.3) is 0 Å². The van der Waals surface area contributed by atoms with Crippen molar-refractivity contribution < 1.29 is 27.4 Å². The molecule has 0 spiro atoms. The number of aromatic nitrogens is 1. The van der Waals surface area contributed by atoms with Gasteiger partial charge in [-0.3, -0.25) is 0 Å². The number of ether oxygens (including phenoxy) is 2. The van der Waals surface area contributed by atoms with Crippen LogP contribution in [0.3, 0.4) is 0 Å². The average Bonchev–Trinajstić information content (AvgIpc) is 2.20. The standard InChI is InChI=1S/C9H7F3INO3/c1-4-6(13)3-5(8(15)16-2)7(14-4)17-9(10,11)12/h3H,1-2H3. The maximum atomic E-state index is 12.1. The van der Waals surface area contributed by atoms with E-state index < -0.39 is 18.2 Å². The van der Waals surface area contributed by atoms with Gasteiger partial charge in [-0.1, -0.05) is 0 Å². The van der Waals surface area contributed by atoms with Crippen molar-refractivity contribution in [2.75, 3.05) is 7.11 Å². The predicted octanol–water partition coefficient (Wildman–Crippen LogP) is 2.68. The molecule has 0 N–H and O–H groups in total. The minimum atomic E-state index is -4.91. The number of pyridine rings is 1. The number of nitrogens with zero attached hydrogens (tertiary/aromatic N) is 1. The maximum absolute atomic E-state index is 12.1. The first-order chi connectivity index (χ1) is 7.74. The van der Waals surface area contributed by atoms with Crippen LogP contribution in [0, 0.1) is 10.5 Å². The smallest absolute Gasteiger partial charge is 0.465 e. The van der Waals surface area contributed by atoms with Gasteiger partial charge in [-0.2, -0.15) is 0 Å². The molecule has 1 aromatic rings. The van der Waals surface area contributed by atoms with E-state index in [1.54, 1.807) is 0 Å². The summed E-state index contributed by atoms with van der Waals surface area (Å²) in [5.41, 5.74) is -0.0303. The first-order valence-electron chi connectivity index (χ1n) is 4.26. The molecular weight excluding hydrogens is 354 g/mol. The van der Waals surface area contributed by atoms with Crippen molar-refractivity contribution in [2.24, 2.45) is 0 Å². The Bertz CT molecular complexity index is 448. The van der Waals surface area contributed by atoms with E-state index in [1.807, 2.05) is 22.6 Å². The molecule has 0 aromatic carbocycles. The number of hydrogen-bond donors (Lipinski definition) is 0. The predicted molar refractivity (Wildman–Crippen MR) is 59.7 cm³/mol. The van der Waals surface area contributed by atoms with Gasteiger partial charge in [0.1, 0.15) is 5.56 Å². The Hall–Kier alpha value is -1.06. The number of esters is 1. The van der Waals surface area contributed by atoms with Crippen LogP contribution in [-0.2, 0) is 4.74 Å². The van der Waals surface area contributed by atoms with Gasteiger partial charge in [0.05, 0.1) is 12.8 Å². The van der Waals surface area contributed by atoms with E-state index in [0.29, 0.717) is 9.26 Å². The van der Waals surface area contributed by atoms with Crippen molar-refractivity contribution in [3.63, 3.8) is 0 Å². The van der Waals surface area contributed by atoms with Crippen LogP contribution in [0.5, 0.6) is 5.88 Å². The lowest BCUT2D eigenvalue weighted by Gasteiger charge is -2.12. The lowest BCUT2D eigenvalue weighted by atomic mass is 10.2. The summed E-state index contributed by atoms with van der Waals surface area (Å²) in [6.45, 7) is 1.51. The number of carbonyl (C=O) groups is 1. The van der Waals surface area contributed by atoms with Gasteiger partial charge in [0, 0.05) is 3.57 Å². The lowest BCUT2D eigenvalue weighted by Crippen LogP contribution is -2.21. The summed E-state index contributed by atoms with van der Waals surface area (Å²) in [6.07, 6.45) is -4.91. The van der Waals surface area contributed by atoms with Crippen LogP contribution in [0.4, 0.5) is 13.2 Å². The van der Waals surface area contributed by atoms with Crippen molar-refractivity contribution in [1.29, 1.82) is 0 Å². The highest BCUT2D eigenvalue weighted by molar-refractivity contribution is 14.1. The molecule has 1 rings (SSSR count). The maximum Gasteiger partial charge on any atom is 0.574 e. The van der Waals surface area contributed by atoms with E-state index in [9.17, 15) is 18.0 Å². The van der Waals surface area contributed by atoms with E-state index in [4.69, 9.17) is 0 Å². The third-order valence-electron chi connectivity index (χ3n) is 1.73. The summed E-state index contributed by atoms with van der Waals surface area (Å²) in [5, 5.41) is 0. The van der Waals surface area contributed by atoms with Gasteiger partial charge in [-0.25, -0.2) is 9.78 Å². The van der Waals surface area contributed by atoms with Crippen LogP contribution in [0.1, 0.15) is 16.1 Å². The molecule has 0 saturated carbocycles. The fraction of sp³-hybridized carbons (Fsp3) is 0.333. The second kappa shape index (κ2) is 5.07. The van der Waals surface area contributed by atoms with E-state index in [0.717, 1.165) is 7.11 Å². The molecule has 0 radical (unpaired) electrons. The Kier molecular flexibility index (Phi) is 4.17. The summed E-state index contributed by atoms with van der Waals surface area (Å²) in [7, 11) is 1.06. The number of hydrogen-bond acceptors (Lipinski definition) is 4. The van der Waals surface area contributed by atoms with Crippen molar-refractivity contribution >= 4 is 28.6 Å². The van der Waals surface area contributed by atoms with Crippen molar-refractivity contribution in [3.05, 3.63) is 20.9 Å². The topological polar surface area (TPSA) is 48.4 Å². The first-order valence-corrected chi connectivity index (χ1v) is 5.33. The summed E-state index contributed by atoms with van der Waals surface area (Å²) in [6, 6.07) is 1.23. The number of methoxy groups -OCH3 is 1. The molecule has 17 heavy (non-hydrogen) atoms. The normalized spacial score (nSPS) is 11.2. The zero-order chi connectivity index (χ0) is 13.2. The second-order valence-electron chi connectivity index (χ2n) is 2.95. The van der Waals surface area contributed by atoms with Crippen molar-refractivity contribution in [2.45, 2.75) is 13.3 Å². The molecule has 0 amide bonds. The summed E-state index contributed by atoms with van der Waals surface area (Å²) in [5.74, 6) is -1.74. The van der Waals surface area contributed by atoms with Crippen LogP contribution >= 0.6 is 22.6 Å². The number of carbonyl (C=O) groups excluding carboxylic acids is 1. The molecule has 0 aliphatic carbocycles. The Labute approximate surface area is 108 Å². The van der Waals surface area contributed by atoms with Gasteiger partial charge >= 0.3 is 12.3 Å². The second-order valence-corrected chi connectivity index (χ2v) is 4.11. The highest BCUT2D eigenvalue weighted by atomic mass is 127. The van der Waals surface area contributed by atoms with Crippen molar-refractivity contribution in [3.8, 4) is 5.88 Å². The van der Waals surface area contributed by atoms with Crippen LogP contribution in [0.15, 0.2) is 6.07 Å². The average molecular weight is 361 g/mol. The van der Waals surface area contributed by atoms with Gasteiger partial charge in [-0.15, -0.1) is 13.2 Å². The Balaban J connectivity index is 3.26. The van der Waals surface area contributed by atoms with Crippen LogP contribution < -0.4 is 4.74 Å². The number of halogens is 4. The third-order valence-corrected chi connectivity index (χ3v) is 2.83. The minimum Gasteiger partial charge on any atom is -0.465 e. The molecular formula is C9H7F3INO3. The third kappa shape index (κ3) is 3.72. The van der Waals surface area contributed by atoms with Crippen LogP contribution in [-0.4, -0.2) is 24.4 Å². The molecule has 8 heteroatoms. The highest BCUT2D eigenvalue weighted by Crippen LogP contribution is 2.27. The molecule has 0 unspecified atom stereocenters. The molecule has 0 fully saturated rings. The summed E-state index contributed by atoms with van der Waals surface area (Å²) < 4.78 is 44.9. The fourth-order valence-corrected chi connectivity index (χ4v) is 1.43. The minimum absolute atomic E-state index is 0.331. The molecule has 4 nitrogen and oxygen atoms in total. The SMILES string of the molecule is COC(=O)c1cc(I)c(C)nc1OC(F)(F)F. The zero-order valence-electron chi connectivity index (χ0n) is 8.76. The Morgan fingerprint density at radius 2 is 2.06 bits per heavy atom. The van der Waals surface area contributed by atoms with Gasteiger partial charge in [0.2, 0.25) is 5.88 Å². The number of rotatable bonds is 2. The van der Waals surface area contributed by atoms with Gasteiger partial charge in [0.25, 0.3) is 0 Å². The molecule has 0 aliphatic rings. The number of alkyl halides is 3. The highest BCUT2D eigenvalue weighted by Gasteiger charge is 2.34. The largest absolute Gasteiger partial charge is 0.574 e. The van der Waals surface area contributed by atoms with Crippen LogP contribution in [0.2, 0.25) is 0 Å². The first kappa shape index (κ1) is 14.0. The number of aryl methyl sites for hydroxylation is 1. The monoisotopic (exact) mass is 361 g/mol. The van der Waals surface area contributed by atoms with E-state index in [1.165, 1.54) is 13.0 Å².